The minimum absolute atomic E-state index is 0.0543. The molecule has 1 aliphatic rings. The fraction of sp³-hybridized carbons (Fsp3) is 0.909. The van der Waals surface area contributed by atoms with Crippen molar-refractivity contribution in [2.24, 2.45) is 5.92 Å². The molecule has 0 aliphatic carbocycles. The van der Waals surface area contributed by atoms with Gasteiger partial charge in [0, 0.05) is 12.5 Å². The van der Waals surface area contributed by atoms with Gasteiger partial charge in [0.1, 0.15) is 9.84 Å². The van der Waals surface area contributed by atoms with E-state index in [2.05, 4.69) is 5.32 Å². The van der Waals surface area contributed by atoms with Crippen LogP contribution in [0.4, 0.5) is 0 Å². The molecule has 0 saturated carbocycles. The predicted octanol–water partition coefficient (Wildman–Crippen LogP) is 1.12. The molecule has 0 aromatic heterocycles. The Morgan fingerprint density at radius 3 is 2.44 bits per heavy atom. The van der Waals surface area contributed by atoms with Crippen LogP contribution in [0.3, 0.4) is 0 Å². The molecule has 1 N–H and O–H groups in total. The number of nitrogens with one attached hydrogen (secondary N) is 1. The second-order valence-electron chi connectivity index (χ2n) is 4.68. The topological polar surface area (TPSA) is 63.2 Å². The first-order chi connectivity index (χ1) is 7.43. The molecule has 1 fully saturated rings. The van der Waals surface area contributed by atoms with Crippen LogP contribution in [-0.4, -0.2) is 31.9 Å². The first kappa shape index (κ1) is 13.5. The zero-order valence-electron chi connectivity index (χ0n) is 10.0. The maximum Gasteiger partial charge on any atom is 0.220 e. The molecule has 0 bridgehead atoms. The van der Waals surface area contributed by atoms with Gasteiger partial charge in [-0.3, -0.25) is 4.79 Å². The van der Waals surface area contributed by atoms with Crippen molar-refractivity contribution >= 4 is 15.7 Å². The quantitative estimate of drug-likeness (QED) is 0.809. The van der Waals surface area contributed by atoms with Gasteiger partial charge in [0.05, 0.1) is 11.5 Å². The Morgan fingerprint density at radius 2 is 1.94 bits per heavy atom. The van der Waals surface area contributed by atoms with Crippen LogP contribution in [0.1, 0.15) is 39.5 Å². The van der Waals surface area contributed by atoms with Crippen LogP contribution < -0.4 is 5.32 Å². The van der Waals surface area contributed by atoms with Crippen LogP contribution in [0.5, 0.6) is 0 Å². The summed E-state index contributed by atoms with van der Waals surface area (Å²) in [4.78, 5) is 11.6. The van der Waals surface area contributed by atoms with Gasteiger partial charge < -0.3 is 5.32 Å². The highest BCUT2D eigenvalue weighted by Crippen LogP contribution is 2.21. The molecule has 0 aromatic rings. The number of carbonyl (C=O) groups is 1. The molecule has 16 heavy (non-hydrogen) atoms. The molecule has 1 atom stereocenters. The lowest BCUT2D eigenvalue weighted by molar-refractivity contribution is -0.122. The van der Waals surface area contributed by atoms with Crippen LogP contribution in [0.25, 0.3) is 0 Å². The Labute approximate surface area is 97.7 Å². The zero-order valence-corrected chi connectivity index (χ0v) is 10.8. The third kappa shape index (κ3) is 4.51. The van der Waals surface area contributed by atoms with Gasteiger partial charge in [0.25, 0.3) is 0 Å². The molecule has 0 radical (unpaired) electrons. The fourth-order valence-corrected chi connectivity index (χ4v) is 3.43. The van der Waals surface area contributed by atoms with Gasteiger partial charge in [0.2, 0.25) is 5.91 Å². The molecular formula is C11H21NO3S. The molecule has 1 aliphatic heterocycles. The van der Waals surface area contributed by atoms with E-state index in [0.29, 0.717) is 19.3 Å². The third-order valence-electron chi connectivity index (χ3n) is 3.17. The van der Waals surface area contributed by atoms with E-state index in [4.69, 9.17) is 0 Å². The molecule has 1 unspecified atom stereocenters. The average molecular weight is 247 g/mol. The highest BCUT2D eigenvalue weighted by atomic mass is 32.2. The number of rotatable bonds is 4. The van der Waals surface area contributed by atoms with E-state index >= 15 is 0 Å². The first-order valence-electron chi connectivity index (χ1n) is 5.92. The van der Waals surface area contributed by atoms with Crippen LogP contribution in [-0.2, 0) is 14.6 Å². The van der Waals surface area contributed by atoms with E-state index in [1.54, 1.807) is 0 Å². The van der Waals surface area contributed by atoms with Gasteiger partial charge in [-0.2, -0.15) is 0 Å². The van der Waals surface area contributed by atoms with Crippen LogP contribution in [0, 0.1) is 5.92 Å². The van der Waals surface area contributed by atoms with E-state index in [1.807, 2.05) is 13.8 Å². The van der Waals surface area contributed by atoms with Crippen molar-refractivity contribution in [3.63, 3.8) is 0 Å². The summed E-state index contributed by atoms with van der Waals surface area (Å²) in [5, 5.41) is 2.91. The molecule has 1 heterocycles. The summed E-state index contributed by atoms with van der Waals surface area (Å²) < 4.78 is 22.4. The van der Waals surface area contributed by atoms with Gasteiger partial charge in [-0.1, -0.05) is 6.92 Å². The number of hydrogen-bond acceptors (Lipinski definition) is 3. The molecule has 1 rings (SSSR count). The lowest BCUT2D eigenvalue weighted by Crippen LogP contribution is -2.34. The van der Waals surface area contributed by atoms with Crippen molar-refractivity contribution in [2.45, 2.75) is 45.6 Å². The molecule has 1 amide bonds. The normalized spacial score (nSPS) is 22.6. The van der Waals surface area contributed by atoms with Gasteiger partial charge in [-0.15, -0.1) is 0 Å². The molecule has 0 aromatic carbocycles. The smallest absolute Gasteiger partial charge is 0.220 e. The first-order valence-corrected chi connectivity index (χ1v) is 7.75. The Kier molecular flexibility index (Phi) is 4.77. The molecule has 0 spiro atoms. The zero-order chi connectivity index (χ0) is 12.2. The predicted molar refractivity (Wildman–Crippen MR) is 63.9 cm³/mol. The number of hydrogen-bond donors (Lipinski definition) is 1. The van der Waals surface area contributed by atoms with E-state index in [9.17, 15) is 13.2 Å². The SMILES string of the molecule is CCC(C)NC(=O)CC1CCS(=O)(=O)CC1. The second kappa shape index (κ2) is 5.66. The summed E-state index contributed by atoms with van der Waals surface area (Å²) in [5.74, 6) is 0.786. The van der Waals surface area contributed by atoms with Crippen molar-refractivity contribution in [1.82, 2.24) is 5.32 Å². The summed E-state index contributed by atoms with van der Waals surface area (Å²) in [6.07, 6.45) is 2.66. The summed E-state index contributed by atoms with van der Waals surface area (Å²) >= 11 is 0. The number of carbonyl (C=O) groups excluding carboxylic acids is 1. The molecule has 1 saturated heterocycles. The average Bonchev–Trinajstić information content (AvgIpc) is 2.21. The molecule has 94 valence electrons. The van der Waals surface area contributed by atoms with Gasteiger partial charge >= 0.3 is 0 Å². The third-order valence-corrected chi connectivity index (χ3v) is 4.88. The minimum atomic E-state index is -2.81. The van der Waals surface area contributed by atoms with Crippen LogP contribution in [0.15, 0.2) is 0 Å². The molecule has 4 nitrogen and oxygen atoms in total. The van der Waals surface area contributed by atoms with Crippen molar-refractivity contribution in [3.05, 3.63) is 0 Å². The summed E-state index contributed by atoms with van der Waals surface area (Å²) in [7, 11) is -2.81. The van der Waals surface area contributed by atoms with Crippen LogP contribution >= 0.6 is 0 Å². The maximum absolute atomic E-state index is 11.6. The van der Waals surface area contributed by atoms with Crippen molar-refractivity contribution in [2.75, 3.05) is 11.5 Å². The van der Waals surface area contributed by atoms with Crippen LogP contribution in [0.2, 0.25) is 0 Å². The minimum Gasteiger partial charge on any atom is -0.354 e. The van der Waals surface area contributed by atoms with Gasteiger partial charge in [-0.25, -0.2) is 8.42 Å². The van der Waals surface area contributed by atoms with Gasteiger partial charge in [0.15, 0.2) is 0 Å². The Hall–Kier alpha value is -0.580. The fourth-order valence-electron chi connectivity index (χ4n) is 1.84. The van der Waals surface area contributed by atoms with E-state index in [1.165, 1.54) is 0 Å². The Balaban J connectivity index is 2.31. The van der Waals surface area contributed by atoms with Gasteiger partial charge in [-0.05, 0) is 32.1 Å². The Morgan fingerprint density at radius 1 is 1.38 bits per heavy atom. The summed E-state index contributed by atoms with van der Waals surface area (Å²) in [6.45, 7) is 4.00. The highest BCUT2D eigenvalue weighted by Gasteiger charge is 2.25. The van der Waals surface area contributed by atoms with E-state index < -0.39 is 9.84 Å². The largest absolute Gasteiger partial charge is 0.354 e. The highest BCUT2D eigenvalue weighted by molar-refractivity contribution is 7.91. The maximum atomic E-state index is 11.6. The Bertz CT molecular complexity index is 323. The second-order valence-corrected chi connectivity index (χ2v) is 6.98. The van der Waals surface area contributed by atoms with Crippen molar-refractivity contribution in [3.8, 4) is 0 Å². The summed E-state index contributed by atoms with van der Waals surface area (Å²) in [6, 6.07) is 0.208. The molecular weight excluding hydrogens is 226 g/mol. The lowest BCUT2D eigenvalue weighted by atomic mass is 9.98. The standard InChI is InChI=1S/C11H21NO3S/c1-3-9(2)12-11(13)8-10-4-6-16(14,15)7-5-10/h9-10H,3-8H2,1-2H3,(H,12,13). The summed E-state index contributed by atoms with van der Waals surface area (Å²) in [5.41, 5.74) is 0. The number of sulfone groups is 1. The molecule has 5 heteroatoms. The lowest BCUT2D eigenvalue weighted by Gasteiger charge is -2.22. The number of amides is 1. The van der Waals surface area contributed by atoms with E-state index in [0.717, 1.165) is 6.42 Å². The van der Waals surface area contributed by atoms with Crippen molar-refractivity contribution < 1.29 is 13.2 Å². The van der Waals surface area contributed by atoms with Crippen molar-refractivity contribution in [1.29, 1.82) is 0 Å². The monoisotopic (exact) mass is 247 g/mol. The van der Waals surface area contributed by atoms with E-state index in [-0.39, 0.29) is 29.4 Å².